The molecule has 0 bridgehead atoms. The topological polar surface area (TPSA) is 206 Å². The first-order valence-corrected chi connectivity index (χ1v) is 8.21. The molecule has 0 saturated heterocycles. The molecule has 0 aromatic heterocycles. The van der Waals surface area contributed by atoms with Gasteiger partial charge in [-0.05, 0) is 15.9 Å². The van der Waals surface area contributed by atoms with E-state index in [2.05, 4.69) is 30.1 Å². The van der Waals surface area contributed by atoms with E-state index in [4.69, 9.17) is 0 Å². The molecule has 1 amide bonds. The number of aliphatic hydroxyl groups excluding tert-OH is 2. The van der Waals surface area contributed by atoms with E-state index < -0.39 is 58.5 Å². The third kappa shape index (κ3) is 6.20. The summed E-state index contributed by atoms with van der Waals surface area (Å²) in [6, 6.07) is -2.36. The zero-order valence-corrected chi connectivity index (χ0v) is 16.8. The average Bonchev–Trinajstić information content (AvgIpc) is 2.48. The standard InChI is InChI=1S/C14H20BrNO12/c1-5(17)16-9(11(15)22)13(24,27-7(3)19)14(25,28-8(4)20)10(21)12(23)26-6(2)18/h9-10,12,21,23-25H,1-4H3,(H,16,17)/t9-,10-,12?,13+,14+/m1/s1. The monoisotopic (exact) mass is 473 g/mol. The Bertz CT molecular complexity index is 654. The van der Waals surface area contributed by atoms with Crippen LogP contribution in [-0.2, 0) is 38.2 Å². The van der Waals surface area contributed by atoms with Crippen molar-refractivity contribution in [3.63, 3.8) is 0 Å². The lowest BCUT2D eigenvalue weighted by Crippen LogP contribution is -2.75. The minimum atomic E-state index is -3.81. The fourth-order valence-electron chi connectivity index (χ4n) is 2.06. The molecule has 5 N–H and O–H groups in total. The minimum Gasteiger partial charge on any atom is -0.433 e. The molecule has 0 spiro atoms. The molecule has 0 heterocycles. The fraction of sp³-hybridized carbons (Fsp3) is 0.643. The number of ether oxygens (including phenoxy) is 3. The summed E-state index contributed by atoms with van der Waals surface area (Å²) >= 11 is 2.39. The van der Waals surface area contributed by atoms with Crippen molar-refractivity contribution in [2.75, 3.05) is 0 Å². The Balaban J connectivity index is 6.64. The number of halogens is 1. The summed E-state index contributed by atoms with van der Waals surface area (Å²) in [5.41, 5.74) is 0. The van der Waals surface area contributed by atoms with E-state index >= 15 is 0 Å². The van der Waals surface area contributed by atoms with E-state index in [1.165, 1.54) is 0 Å². The smallest absolute Gasteiger partial charge is 0.312 e. The van der Waals surface area contributed by atoms with Crippen molar-refractivity contribution in [2.45, 2.75) is 57.7 Å². The Kier molecular flexibility index (Phi) is 9.13. The summed E-state index contributed by atoms with van der Waals surface area (Å²) in [6.07, 6.45) is -5.51. The summed E-state index contributed by atoms with van der Waals surface area (Å²) in [6.45, 7) is 3.08. The molecule has 0 aliphatic rings. The van der Waals surface area contributed by atoms with Crippen molar-refractivity contribution in [3.8, 4) is 0 Å². The number of hydrogen-bond donors (Lipinski definition) is 5. The van der Waals surface area contributed by atoms with Gasteiger partial charge in [0.15, 0.2) is 12.1 Å². The van der Waals surface area contributed by atoms with Crippen LogP contribution in [0, 0.1) is 0 Å². The number of carbonyl (C=O) groups is 5. The van der Waals surface area contributed by atoms with Gasteiger partial charge < -0.3 is 40.0 Å². The predicted molar refractivity (Wildman–Crippen MR) is 88.7 cm³/mol. The van der Waals surface area contributed by atoms with Crippen LogP contribution < -0.4 is 5.32 Å². The van der Waals surface area contributed by atoms with Crippen LogP contribution in [0.3, 0.4) is 0 Å². The SMILES string of the molecule is CC(=O)N[C@H](C(=O)Br)[C@](O)(OC(C)=O)[C@@](O)(OC(C)=O)[C@H](O)C(O)OC(C)=O. The van der Waals surface area contributed by atoms with Gasteiger partial charge in [-0.15, -0.1) is 0 Å². The van der Waals surface area contributed by atoms with Gasteiger partial charge in [0.2, 0.25) is 16.9 Å². The van der Waals surface area contributed by atoms with Crippen molar-refractivity contribution < 1.29 is 58.6 Å². The largest absolute Gasteiger partial charge is 0.433 e. The summed E-state index contributed by atoms with van der Waals surface area (Å²) in [5.74, 6) is -12.4. The Morgan fingerprint density at radius 3 is 1.61 bits per heavy atom. The van der Waals surface area contributed by atoms with Crippen molar-refractivity contribution in [2.24, 2.45) is 0 Å². The van der Waals surface area contributed by atoms with Crippen LogP contribution in [0.2, 0.25) is 0 Å². The second-order valence-electron chi connectivity index (χ2n) is 5.46. The normalized spacial score (nSPS) is 18.3. The molecule has 160 valence electrons. The molecule has 28 heavy (non-hydrogen) atoms. The maximum atomic E-state index is 11.9. The summed E-state index contributed by atoms with van der Waals surface area (Å²) in [7, 11) is 0. The second kappa shape index (κ2) is 9.88. The second-order valence-corrected chi connectivity index (χ2v) is 6.24. The first-order chi connectivity index (χ1) is 12.6. The van der Waals surface area contributed by atoms with E-state index in [1.54, 1.807) is 0 Å². The van der Waals surface area contributed by atoms with Crippen LogP contribution >= 0.6 is 15.9 Å². The first kappa shape index (κ1) is 25.9. The highest BCUT2D eigenvalue weighted by molar-refractivity contribution is 9.18. The molecule has 13 nitrogen and oxygen atoms in total. The van der Waals surface area contributed by atoms with Gasteiger partial charge in [0, 0.05) is 27.7 Å². The molecule has 14 heteroatoms. The number of carbonyl (C=O) groups excluding carboxylic acids is 5. The quantitative estimate of drug-likeness (QED) is 0.0992. The summed E-state index contributed by atoms with van der Waals surface area (Å²) in [4.78, 5) is 57.1. The molecule has 5 atom stereocenters. The fourth-order valence-corrected chi connectivity index (χ4v) is 2.49. The Morgan fingerprint density at radius 2 is 1.29 bits per heavy atom. The van der Waals surface area contributed by atoms with Crippen molar-refractivity contribution >= 4 is 44.4 Å². The lowest BCUT2D eigenvalue weighted by atomic mass is 9.91. The number of nitrogens with one attached hydrogen (secondary N) is 1. The first-order valence-electron chi connectivity index (χ1n) is 7.42. The van der Waals surface area contributed by atoms with Gasteiger partial charge in [-0.2, -0.15) is 0 Å². The van der Waals surface area contributed by atoms with Gasteiger partial charge in [-0.3, -0.25) is 24.0 Å². The number of amides is 1. The third-order valence-electron chi connectivity index (χ3n) is 3.04. The Morgan fingerprint density at radius 1 is 0.857 bits per heavy atom. The molecule has 0 aromatic rings. The maximum absolute atomic E-state index is 11.9. The van der Waals surface area contributed by atoms with Crippen LogP contribution in [-0.4, -0.2) is 78.9 Å². The molecule has 0 aromatic carbocycles. The van der Waals surface area contributed by atoms with Crippen LogP contribution in [0.4, 0.5) is 0 Å². The highest BCUT2D eigenvalue weighted by Gasteiger charge is 2.68. The zero-order valence-electron chi connectivity index (χ0n) is 15.2. The van der Waals surface area contributed by atoms with E-state index in [0.717, 1.165) is 13.8 Å². The number of esters is 3. The summed E-state index contributed by atoms with van der Waals surface area (Å²) < 4.78 is 11.9. The summed E-state index contributed by atoms with van der Waals surface area (Å²) in [5, 5.41) is 43.4. The highest BCUT2D eigenvalue weighted by Crippen LogP contribution is 2.35. The molecule has 0 saturated carbocycles. The van der Waals surface area contributed by atoms with Crippen LogP contribution in [0.25, 0.3) is 0 Å². The molecular weight excluding hydrogens is 454 g/mol. The Labute approximate surface area is 166 Å². The average molecular weight is 474 g/mol. The lowest BCUT2D eigenvalue weighted by Gasteiger charge is -2.46. The van der Waals surface area contributed by atoms with Crippen molar-refractivity contribution in [3.05, 3.63) is 0 Å². The Hall–Kier alpha value is -2.13. The highest BCUT2D eigenvalue weighted by atomic mass is 79.9. The number of aliphatic hydroxyl groups is 4. The van der Waals surface area contributed by atoms with Crippen LogP contribution in [0.15, 0.2) is 0 Å². The van der Waals surface area contributed by atoms with E-state index in [-0.39, 0.29) is 0 Å². The number of rotatable bonds is 9. The number of hydrogen-bond acceptors (Lipinski definition) is 12. The van der Waals surface area contributed by atoms with E-state index in [0.29, 0.717) is 13.8 Å². The molecule has 0 fully saturated rings. The van der Waals surface area contributed by atoms with E-state index in [9.17, 15) is 44.4 Å². The molecule has 1 unspecified atom stereocenters. The zero-order chi connectivity index (χ0) is 22.4. The minimum absolute atomic E-state index is 0.688. The van der Waals surface area contributed by atoms with Gasteiger partial charge in [-0.25, -0.2) is 0 Å². The molecule has 0 aliphatic carbocycles. The van der Waals surface area contributed by atoms with Gasteiger partial charge in [-0.1, -0.05) is 0 Å². The van der Waals surface area contributed by atoms with Gasteiger partial charge >= 0.3 is 29.5 Å². The van der Waals surface area contributed by atoms with E-state index in [1.807, 2.05) is 5.32 Å². The van der Waals surface area contributed by atoms with Crippen molar-refractivity contribution in [1.29, 1.82) is 0 Å². The maximum Gasteiger partial charge on any atom is 0.312 e. The molecule has 0 radical (unpaired) electrons. The van der Waals surface area contributed by atoms with Crippen LogP contribution in [0.5, 0.6) is 0 Å². The van der Waals surface area contributed by atoms with Gasteiger partial charge in [0.25, 0.3) is 0 Å². The van der Waals surface area contributed by atoms with Crippen molar-refractivity contribution in [1.82, 2.24) is 5.32 Å². The molecule has 0 aliphatic heterocycles. The third-order valence-corrected chi connectivity index (χ3v) is 3.49. The lowest BCUT2D eigenvalue weighted by molar-refractivity contribution is -0.404. The molecular formula is C14H20BrNO12. The van der Waals surface area contributed by atoms with Crippen LogP contribution in [0.1, 0.15) is 27.7 Å². The predicted octanol–water partition coefficient (Wildman–Crippen LogP) is -2.84. The molecule has 0 rings (SSSR count). The van der Waals surface area contributed by atoms with Gasteiger partial charge in [0.05, 0.1) is 0 Å². The van der Waals surface area contributed by atoms with Gasteiger partial charge in [0.1, 0.15) is 0 Å².